The Morgan fingerprint density at radius 2 is 1.87 bits per heavy atom. The molecule has 156 valence electrons. The quantitative estimate of drug-likeness (QED) is 0.375. The Labute approximate surface area is 185 Å². The molecule has 4 nitrogen and oxygen atoms in total. The summed E-state index contributed by atoms with van der Waals surface area (Å²) in [6, 6.07) is 7.31. The minimum atomic E-state index is -1.08. The summed E-state index contributed by atoms with van der Waals surface area (Å²) in [4.78, 5) is 12.6. The van der Waals surface area contributed by atoms with Gasteiger partial charge in [-0.25, -0.2) is 8.78 Å². The van der Waals surface area contributed by atoms with Crippen molar-refractivity contribution in [2.75, 3.05) is 7.11 Å². The smallest absolute Gasteiger partial charge is 0.206 e. The summed E-state index contributed by atoms with van der Waals surface area (Å²) in [5.41, 5.74) is 0.348. The summed E-state index contributed by atoms with van der Waals surface area (Å²) in [5, 5.41) is 0.00193. The third-order valence-electron chi connectivity index (χ3n) is 5.13. The molecule has 1 heterocycles. The molecule has 7 heteroatoms. The van der Waals surface area contributed by atoms with Crippen molar-refractivity contribution in [3.05, 3.63) is 67.1 Å². The number of methoxy groups -OCH3 is 1. The summed E-state index contributed by atoms with van der Waals surface area (Å²) in [7, 11) is 1.59. The van der Waals surface area contributed by atoms with Gasteiger partial charge in [-0.2, -0.15) is 0 Å². The topological polar surface area (TPSA) is 48.7 Å². The van der Waals surface area contributed by atoms with Crippen LogP contribution in [0.1, 0.15) is 37.0 Å². The summed E-state index contributed by atoms with van der Waals surface area (Å²) in [5.74, 6) is -0.639. The zero-order chi connectivity index (χ0) is 21.3. The number of benzene rings is 2. The van der Waals surface area contributed by atoms with Crippen LogP contribution in [0.2, 0.25) is 0 Å². The molecule has 0 bridgehead atoms. The van der Waals surface area contributed by atoms with E-state index >= 15 is 0 Å². The van der Waals surface area contributed by atoms with E-state index in [-0.39, 0.29) is 26.4 Å². The minimum Gasteiger partial charge on any atom is -0.493 e. The Balaban J connectivity index is 1.75. The fourth-order valence-electron chi connectivity index (χ4n) is 3.58. The number of fused-ring (bicyclic) bond motifs is 1. The normalized spacial score (nSPS) is 14.7. The molecule has 0 spiro atoms. The lowest BCUT2D eigenvalue weighted by atomic mass is 10.1. The first kappa shape index (κ1) is 20.8. The number of ether oxygens (including phenoxy) is 2. The molecule has 0 aliphatic heterocycles. The Morgan fingerprint density at radius 3 is 2.60 bits per heavy atom. The van der Waals surface area contributed by atoms with Crippen molar-refractivity contribution in [2.24, 2.45) is 0 Å². The van der Waals surface area contributed by atoms with Crippen molar-refractivity contribution >= 4 is 45.7 Å². The fraction of sp³-hybridized carbons (Fsp3) is 0.261. The zero-order valence-electron chi connectivity index (χ0n) is 16.2. The van der Waals surface area contributed by atoms with Gasteiger partial charge < -0.3 is 13.9 Å². The van der Waals surface area contributed by atoms with Gasteiger partial charge in [-0.1, -0.05) is 12.1 Å². The van der Waals surface area contributed by atoms with Crippen LogP contribution in [0.3, 0.4) is 0 Å². The number of hydrogen-bond acceptors (Lipinski definition) is 4. The lowest BCUT2D eigenvalue weighted by Gasteiger charge is -2.18. The lowest BCUT2D eigenvalue weighted by Crippen LogP contribution is -2.12. The fourth-order valence-corrected chi connectivity index (χ4v) is 4.16. The van der Waals surface area contributed by atoms with E-state index < -0.39 is 17.1 Å². The van der Waals surface area contributed by atoms with Gasteiger partial charge in [0, 0.05) is 11.6 Å². The van der Waals surface area contributed by atoms with Crippen molar-refractivity contribution in [2.45, 2.75) is 31.8 Å². The van der Waals surface area contributed by atoms with Crippen molar-refractivity contribution in [3.63, 3.8) is 0 Å². The lowest BCUT2D eigenvalue weighted by molar-refractivity contribution is 0.200. The van der Waals surface area contributed by atoms with Crippen LogP contribution < -0.4 is 14.9 Å². The first-order valence-electron chi connectivity index (χ1n) is 9.61. The highest BCUT2D eigenvalue weighted by Crippen LogP contribution is 2.36. The molecule has 0 atom stereocenters. The van der Waals surface area contributed by atoms with Crippen LogP contribution in [0.5, 0.6) is 11.5 Å². The standard InChI is InChI=1S/C23H19F2IO4/c1-28-19-8-4-5-13(23(19)29-14-6-2-3-7-14)9-10-18-21(26)22(27)15-11-16(24)17(25)12-20(15)30-18/h4-5,8-12,14H,2-3,6-7H2,1H3. The maximum Gasteiger partial charge on any atom is 0.206 e. The molecule has 1 fully saturated rings. The van der Waals surface area contributed by atoms with Gasteiger partial charge in [0.25, 0.3) is 0 Å². The van der Waals surface area contributed by atoms with E-state index in [9.17, 15) is 13.6 Å². The van der Waals surface area contributed by atoms with Crippen molar-refractivity contribution in [1.82, 2.24) is 0 Å². The summed E-state index contributed by atoms with van der Waals surface area (Å²) in [6.07, 6.45) is 7.82. The van der Waals surface area contributed by atoms with Gasteiger partial charge >= 0.3 is 0 Å². The summed E-state index contributed by atoms with van der Waals surface area (Å²) < 4.78 is 44.8. The van der Waals surface area contributed by atoms with E-state index in [4.69, 9.17) is 13.9 Å². The molecule has 3 aromatic rings. The molecule has 4 rings (SSSR count). The molecule has 30 heavy (non-hydrogen) atoms. The molecular weight excluding hydrogens is 505 g/mol. The van der Waals surface area contributed by atoms with Crippen LogP contribution in [0, 0.1) is 15.2 Å². The second-order valence-electron chi connectivity index (χ2n) is 7.11. The molecule has 1 aromatic heterocycles. The largest absolute Gasteiger partial charge is 0.493 e. The van der Waals surface area contributed by atoms with Crippen molar-refractivity contribution < 1.29 is 22.7 Å². The van der Waals surface area contributed by atoms with Crippen LogP contribution in [-0.4, -0.2) is 13.2 Å². The highest BCUT2D eigenvalue weighted by atomic mass is 127. The molecule has 0 amide bonds. The second kappa shape index (κ2) is 8.75. The van der Waals surface area contributed by atoms with Crippen LogP contribution in [0.4, 0.5) is 8.78 Å². The molecule has 2 aromatic carbocycles. The Morgan fingerprint density at radius 1 is 1.13 bits per heavy atom. The Bertz CT molecular complexity index is 1180. The maximum atomic E-state index is 13.6. The number of hydrogen-bond donors (Lipinski definition) is 0. The number of halogens is 3. The third kappa shape index (κ3) is 4.08. The third-order valence-corrected chi connectivity index (χ3v) is 6.15. The predicted molar refractivity (Wildman–Crippen MR) is 120 cm³/mol. The van der Waals surface area contributed by atoms with E-state index in [1.807, 2.05) is 40.8 Å². The van der Waals surface area contributed by atoms with E-state index in [0.29, 0.717) is 11.5 Å². The van der Waals surface area contributed by atoms with Gasteiger partial charge in [0.05, 0.1) is 18.6 Å². The van der Waals surface area contributed by atoms with Gasteiger partial charge in [-0.05, 0) is 72.6 Å². The highest BCUT2D eigenvalue weighted by Gasteiger charge is 2.20. The number of rotatable bonds is 5. The van der Waals surface area contributed by atoms with Gasteiger partial charge in [0.2, 0.25) is 5.43 Å². The van der Waals surface area contributed by atoms with Crippen LogP contribution in [0.15, 0.2) is 39.5 Å². The van der Waals surface area contributed by atoms with Gasteiger partial charge in [-0.15, -0.1) is 0 Å². The Kier molecular flexibility index (Phi) is 6.08. The van der Waals surface area contributed by atoms with E-state index in [0.717, 1.165) is 43.4 Å². The monoisotopic (exact) mass is 524 g/mol. The van der Waals surface area contributed by atoms with Crippen molar-refractivity contribution in [3.8, 4) is 11.5 Å². The molecule has 1 saturated carbocycles. The molecule has 0 unspecified atom stereocenters. The van der Waals surface area contributed by atoms with Crippen LogP contribution >= 0.6 is 22.6 Å². The SMILES string of the molecule is COc1cccc(C=Cc2oc3cc(F)c(F)cc3c(=O)c2I)c1OC1CCCC1. The molecule has 0 radical (unpaired) electrons. The van der Waals surface area contributed by atoms with Crippen LogP contribution in [0.25, 0.3) is 23.1 Å². The zero-order valence-corrected chi connectivity index (χ0v) is 18.4. The van der Waals surface area contributed by atoms with Crippen molar-refractivity contribution in [1.29, 1.82) is 0 Å². The van der Waals surface area contributed by atoms with Gasteiger partial charge in [-0.3, -0.25) is 4.79 Å². The molecule has 0 N–H and O–H groups in total. The Hall–Kier alpha value is -2.42. The predicted octanol–water partition coefficient (Wildman–Crippen LogP) is 6.18. The summed E-state index contributed by atoms with van der Waals surface area (Å²) >= 11 is 1.85. The molecule has 0 saturated heterocycles. The van der Waals surface area contributed by atoms with E-state index in [1.54, 1.807) is 19.3 Å². The van der Waals surface area contributed by atoms with E-state index in [1.165, 1.54) is 0 Å². The first-order chi connectivity index (χ1) is 14.5. The molecule has 1 aliphatic rings. The first-order valence-corrected chi connectivity index (χ1v) is 10.7. The van der Waals surface area contributed by atoms with Gasteiger partial charge in [0.1, 0.15) is 14.9 Å². The number of para-hydroxylation sites is 1. The summed E-state index contributed by atoms with van der Waals surface area (Å²) in [6.45, 7) is 0. The highest BCUT2D eigenvalue weighted by molar-refractivity contribution is 14.1. The molecule has 1 aliphatic carbocycles. The maximum absolute atomic E-state index is 13.6. The average molecular weight is 524 g/mol. The second-order valence-corrected chi connectivity index (χ2v) is 8.19. The van der Waals surface area contributed by atoms with Crippen LogP contribution in [-0.2, 0) is 0 Å². The van der Waals surface area contributed by atoms with E-state index in [2.05, 4.69) is 0 Å². The average Bonchev–Trinajstić information content (AvgIpc) is 3.25. The van der Waals surface area contributed by atoms with Gasteiger partial charge in [0.15, 0.2) is 23.1 Å². The molecular formula is C23H19F2IO4. The minimum absolute atomic E-state index is 0.00193.